The summed E-state index contributed by atoms with van der Waals surface area (Å²) in [5.41, 5.74) is 1.31. The number of nitrogens with one attached hydrogen (secondary N) is 2. The van der Waals surface area contributed by atoms with Gasteiger partial charge in [0.2, 0.25) is 17.1 Å². The minimum absolute atomic E-state index is 0.0896. The summed E-state index contributed by atoms with van der Waals surface area (Å²) in [5, 5.41) is 5.64. The molecule has 0 radical (unpaired) electrons. The fourth-order valence-electron chi connectivity index (χ4n) is 1.62. The average Bonchev–Trinajstić information content (AvgIpc) is 2.77. The van der Waals surface area contributed by atoms with Crippen LogP contribution in [0.15, 0.2) is 36.7 Å². The Kier molecular flexibility index (Phi) is 4.37. The summed E-state index contributed by atoms with van der Waals surface area (Å²) >= 11 is 5.79. The maximum atomic E-state index is 11.8. The highest BCUT2D eigenvalue weighted by atomic mass is 35.5. The van der Waals surface area contributed by atoms with Crippen molar-refractivity contribution in [3.8, 4) is 0 Å². The lowest BCUT2D eigenvalue weighted by Crippen LogP contribution is -2.18. The molecule has 0 bridgehead atoms. The van der Waals surface area contributed by atoms with Crippen LogP contribution in [0.4, 0.5) is 11.4 Å². The van der Waals surface area contributed by atoms with Crippen LogP contribution in [0.25, 0.3) is 0 Å². The molecule has 104 valence electrons. The predicted octanol–water partition coefficient (Wildman–Crippen LogP) is 2.13. The zero-order valence-electron chi connectivity index (χ0n) is 10.8. The predicted molar refractivity (Wildman–Crippen MR) is 76.6 cm³/mol. The van der Waals surface area contributed by atoms with Gasteiger partial charge < -0.3 is 15.2 Å². The van der Waals surface area contributed by atoms with Crippen molar-refractivity contribution in [1.82, 2.24) is 9.55 Å². The number of hydrogen-bond donors (Lipinski definition) is 2. The molecule has 1 aromatic heterocycles. The van der Waals surface area contributed by atoms with Gasteiger partial charge in [-0.2, -0.15) is 0 Å². The van der Waals surface area contributed by atoms with E-state index in [2.05, 4.69) is 15.6 Å². The summed E-state index contributed by atoms with van der Waals surface area (Å²) in [7, 11) is 0. The number of hydrogen-bond acceptors (Lipinski definition) is 3. The quantitative estimate of drug-likeness (QED) is 0.906. The first-order chi connectivity index (χ1) is 9.54. The van der Waals surface area contributed by atoms with E-state index in [-0.39, 0.29) is 23.6 Å². The number of aromatic nitrogens is 2. The largest absolute Gasteiger partial charge is 0.326 e. The first-order valence-electron chi connectivity index (χ1n) is 5.89. The maximum Gasteiger partial charge on any atom is 0.244 e. The zero-order chi connectivity index (χ0) is 14.5. The molecule has 2 N–H and O–H groups in total. The van der Waals surface area contributed by atoms with Crippen LogP contribution in [-0.2, 0) is 16.1 Å². The van der Waals surface area contributed by atoms with E-state index in [4.69, 9.17) is 11.6 Å². The van der Waals surface area contributed by atoms with Gasteiger partial charge >= 0.3 is 0 Å². The molecule has 6 nitrogen and oxygen atoms in total. The fourth-order valence-corrected chi connectivity index (χ4v) is 1.80. The second kappa shape index (κ2) is 6.21. The van der Waals surface area contributed by atoms with Gasteiger partial charge in [-0.3, -0.25) is 9.59 Å². The molecule has 0 unspecified atom stereocenters. The van der Waals surface area contributed by atoms with Gasteiger partial charge in [0, 0.05) is 30.7 Å². The number of carbonyl (C=O) groups is 2. The summed E-state index contributed by atoms with van der Waals surface area (Å²) in [6, 6.07) is 6.83. The Bertz CT molecular complexity index is 622. The van der Waals surface area contributed by atoms with E-state index in [1.54, 1.807) is 30.5 Å². The van der Waals surface area contributed by atoms with E-state index in [1.807, 2.05) is 0 Å². The molecule has 0 saturated carbocycles. The van der Waals surface area contributed by atoms with Gasteiger partial charge in [0.15, 0.2) is 0 Å². The Balaban J connectivity index is 1.94. The molecule has 0 spiro atoms. The number of imidazole rings is 1. The standard InChI is InChI=1S/C13H13ClN4O2/c1-9(19)16-10-2-4-11(5-3-10)17-12(20)8-18-7-6-15-13(18)14/h2-7H,8H2,1H3,(H,16,19)(H,17,20). The van der Waals surface area contributed by atoms with Crippen molar-refractivity contribution < 1.29 is 9.59 Å². The molecule has 0 aliphatic heterocycles. The minimum Gasteiger partial charge on any atom is -0.326 e. The summed E-state index contributed by atoms with van der Waals surface area (Å²) in [6.07, 6.45) is 3.15. The van der Waals surface area contributed by atoms with Crippen LogP contribution >= 0.6 is 11.6 Å². The molecular formula is C13H13ClN4O2. The van der Waals surface area contributed by atoms with E-state index in [0.717, 1.165) is 0 Å². The van der Waals surface area contributed by atoms with Crippen molar-refractivity contribution in [2.45, 2.75) is 13.5 Å². The number of anilines is 2. The Morgan fingerprint density at radius 2 is 1.80 bits per heavy atom. The molecule has 2 amide bonds. The molecule has 1 aromatic carbocycles. The third kappa shape index (κ3) is 3.83. The molecule has 0 aliphatic rings. The van der Waals surface area contributed by atoms with Gasteiger partial charge in [-0.15, -0.1) is 0 Å². The van der Waals surface area contributed by atoms with Crippen LogP contribution in [-0.4, -0.2) is 21.4 Å². The minimum atomic E-state index is -0.211. The Morgan fingerprint density at radius 1 is 1.20 bits per heavy atom. The second-order valence-electron chi connectivity index (χ2n) is 4.13. The molecule has 0 atom stereocenters. The van der Waals surface area contributed by atoms with Crippen LogP contribution in [0.1, 0.15) is 6.92 Å². The Hall–Kier alpha value is -2.34. The number of rotatable bonds is 4. The molecule has 2 rings (SSSR count). The molecule has 0 aliphatic carbocycles. The van der Waals surface area contributed by atoms with E-state index in [0.29, 0.717) is 11.4 Å². The Labute approximate surface area is 120 Å². The van der Waals surface area contributed by atoms with E-state index in [9.17, 15) is 9.59 Å². The van der Waals surface area contributed by atoms with Gasteiger partial charge in [-0.25, -0.2) is 4.98 Å². The number of benzene rings is 1. The van der Waals surface area contributed by atoms with Crippen molar-refractivity contribution in [1.29, 1.82) is 0 Å². The number of nitrogens with zero attached hydrogens (tertiary/aromatic N) is 2. The number of amides is 2. The number of carbonyl (C=O) groups excluding carboxylic acids is 2. The fraction of sp³-hybridized carbons (Fsp3) is 0.154. The van der Waals surface area contributed by atoms with Crippen molar-refractivity contribution >= 4 is 34.8 Å². The zero-order valence-corrected chi connectivity index (χ0v) is 11.5. The lowest BCUT2D eigenvalue weighted by molar-refractivity contribution is -0.117. The van der Waals surface area contributed by atoms with E-state index in [1.165, 1.54) is 17.7 Å². The van der Waals surface area contributed by atoms with Crippen LogP contribution in [0.3, 0.4) is 0 Å². The third-order valence-electron chi connectivity index (χ3n) is 2.47. The summed E-state index contributed by atoms with van der Waals surface area (Å²) in [4.78, 5) is 26.5. The van der Waals surface area contributed by atoms with Gasteiger partial charge in [0.05, 0.1) is 0 Å². The van der Waals surface area contributed by atoms with Crippen LogP contribution in [0, 0.1) is 0 Å². The Morgan fingerprint density at radius 3 is 2.30 bits per heavy atom. The van der Waals surface area contributed by atoms with Crippen molar-refractivity contribution in [3.05, 3.63) is 41.9 Å². The smallest absolute Gasteiger partial charge is 0.244 e. The summed E-state index contributed by atoms with van der Waals surface area (Å²) in [5.74, 6) is -0.353. The number of halogens is 1. The van der Waals surface area contributed by atoms with Gasteiger partial charge in [-0.05, 0) is 35.9 Å². The van der Waals surface area contributed by atoms with Crippen LogP contribution < -0.4 is 10.6 Å². The van der Waals surface area contributed by atoms with Gasteiger partial charge in [0.25, 0.3) is 0 Å². The lowest BCUT2D eigenvalue weighted by Gasteiger charge is -2.07. The highest BCUT2D eigenvalue weighted by molar-refractivity contribution is 6.28. The highest BCUT2D eigenvalue weighted by Crippen LogP contribution is 2.14. The SMILES string of the molecule is CC(=O)Nc1ccc(NC(=O)Cn2ccnc2Cl)cc1. The van der Waals surface area contributed by atoms with Crippen molar-refractivity contribution in [2.75, 3.05) is 10.6 Å². The van der Waals surface area contributed by atoms with E-state index >= 15 is 0 Å². The average molecular weight is 293 g/mol. The normalized spacial score (nSPS) is 10.1. The summed E-state index contributed by atoms with van der Waals surface area (Å²) in [6.45, 7) is 1.52. The second-order valence-corrected chi connectivity index (χ2v) is 4.47. The maximum absolute atomic E-state index is 11.8. The first-order valence-corrected chi connectivity index (χ1v) is 6.26. The first kappa shape index (κ1) is 14.1. The lowest BCUT2D eigenvalue weighted by atomic mass is 10.2. The molecule has 1 heterocycles. The molecule has 20 heavy (non-hydrogen) atoms. The van der Waals surface area contributed by atoms with Crippen molar-refractivity contribution in [2.24, 2.45) is 0 Å². The van der Waals surface area contributed by atoms with Crippen molar-refractivity contribution in [3.63, 3.8) is 0 Å². The third-order valence-corrected chi connectivity index (χ3v) is 2.78. The summed E-state index contributed by atoms with van der Waals surface area (Å²) < 4.78 is 1.53. The molecule has 7 heteroatoms. The van der Waals surface area contributed by atoms with E-state index < -0.39 is 0 Å². The molecule has 0 fully saturated rings. The van der Waals surface area contributed by atoms with Crippen LogP contribution in [0.2, 0.25) is 5.28 Å². The molecular weight excluding hydrogens is 280 g/mol. The molecule has 0 saturated heterocycles. The highest BCUT2D eigenvalue weighted by Gasteiger charge is 2.06. The van der Waals surface area contributed by atoms with Crippen LogP contribution in [0.5, 0.6) is 0 Å². The monoisotopic (exact) mass is 292 g/mol. The topological polar surface area (TPSA) is 76.0 Å². The van der Waals surface area contributed by atoms with Gasteiger partial charge in [-0.1, -0.05) is 0 Å². The molecule has 2 aromatic rings. The van der Waals surface area contributed by atoms with Gasteiger partial charge in [0.1, 0.15) is 6.54 Å².